The molecular formula is C31H20BF2IN2. The van der Waals surface area contributed by atoms with Gasteiger partial charge in [-0.05, 0) is 0 Å². The van der Waals surface area contributed by atoms with Crippen molar-refractivity contribution in [2.45, 2.75) is 6.42 Å². The van der Waals surface area contributed by atoms with Gasteiger partial charge in [0, 0.05) is 0 Å². The van der Waals surface area contributed by atoms with E-state index >= 15 is 5.72 Å². The van der Waals surface area contributed by atoms with Gasteiger partial charge in [0.2, 0.25) is 0 Å². The first kappa shape index (κ1) is 21.4. The second-order valence-electron chi connectivity index (χ2n) is 9.70. The number of hydrogen-bond acceptors (Lipinski definition) is 1. The molecule has 0 atom stereocenters. The van der Waals surface area contributed by atoms with E-state index in [4.69, 9.17) is 0 Å². The van der Waals surface area contributed by atoms with Crippen LogP contribution in [0.1, 0.15) is 11.1 Å². The Balaban J connectivity index is 1.58. The third-order valence-electron chi connectivity index (χ3n) is 7.74. The molecule has 1 aromatic heterocycles. The quantitative estimate of drug-likeness (QED) is 0.151. The number of para-hydroxylation sites is 2. The van der Waals surface area contributed by atoms with Crippen LogP contribution in [0.4, 0.5) is 11.4 Å². The van der Waals surface area contributed by atoms with Gasteiger partial charge in [0.05, 0.1) is 0 Å². The molecule has 2 aliphatic heterocycles. The van der Waals surface area contributed by atoms with Crippen molar-refractivity contribution in [3.05, 3.63) is 124 Å². The first-order valence-electron chi connectivity index (χ1n) is 12.3. The number of nitrogens with zero attached hydrogens (tertiary/aromatic N) is 2. The summed E-state index contributed by atoms with van der Waals surface area (Å²) in [6, 6.07) is 35.4. The van der Waals surface area contributed by atoms with Gasteiger partial charge in [-0.15, -0.1) is 0 Å². The van der Waals surface area contributed by atoms with Gasteiger partial charge < -0.3 is 0 Å². The van der Waals surface area contributed by atoms with Crippen molar-refractivity contribution >= 4 is 70.0 Å². The predicted molar refractivity (Wildman–Crippen MR) is 158 cm³/mol. The van der Waals surface area contributed by atoms with E-state index in [0.717, 1.165) is 27.7 Å². The summed E-state index contributed by atoms with van der Waals surface area (Å²) in [7, 11) is 0. The summed E-state index contributed by atoms with van der Waals surface area (Å²) in [6.45, 7) is 0.0239. The van der Waals surface area contributed by atoms with Gasteiger partial charge in [-0.1, -0.05) is 0 Å². The second kappa shape index (κ2) is 7.68. The van der Waals surface area contributed by atoms with Gasteiger partial charge >= 0.3 is 219 Å². The average molecular weight is 596 g/mol. The van der Waals surface area contributed by atoms with Gasteiger partial charge in [-0.3, -0.25) is 0 Å². The Labute approximate surface area is 218 Å². The zero-order valence-corrected chi connectivity index (χ0v) is 21.9. The topological polar surface area (TPSA) is 17.3 Å². The third kappa shape index (κ3) is 2.96. The van der Waals surface area contributed by atoms with Crippen LogP contribution in [0.25, 0.3) is 27.5 Å². The van der Waals surface area contributed by atoms with Crippen molar-refractivity contribution in [1.82, 2.24) is 4.57 Å². The number of aromatic nitrogens is 1. The SMILES string of the molecule is FI(F)(=Nc1ccccc1)c1cc2c3c4c1c1ccccc1n4-c1ccccc1B3c1ccccc1C2. The van der Waals surface area contributed by atoms with E-state index in [9.17, 15) is 0 Å². The Hall–Kier alpha value is -3.65. The molecular weight excluding hydrogens is 576 g/mol. The van der Waals surface area contributed by atoms with Gasteiger partial charge in [0.1, 0.15) is 0 Å². The minimum atomic E-state index is -5.76. The molecule has 0 saturated carbocycles. The van der Waals surface area contributed by atoms with Gasteiger partial charge in [-0.25, -0.2) is 0 Å². The first-order valence-corrected chi connectivity index (χ1v) is 16.0. The van der Waals surface area contributed by atoms with Gasteiger partial charge in [0.25, 0.3) is 0 Å². The van der Waals surface area contributed by atoms with Crippen LogP contribution in [0.15, 0.2) is 112 Å². The van der Waals surface area contributed by atoms with Crippen molar-refractivity contribution in [2.24, 2.45) is 3.15 Å². The molecule has 0 amide bonds. The molecule has 5 aromatic carbocycles. The van der Waals surface area contributed by atoms with E-state index in [2.05, 4.69) is 50.2 Å². The first-order chi connectivity index (χ1) is 18.1. The molecule has 3 heterocycles. The Morgan fingerprint density at radius 2 is 1.43 bits per heavy atom. The Bertz CT molecular complexity index is 1960. The molecule has 6 heteroatoms. The summed E-state index contributed by atoms with van der Waals surface area (Å²) in [5, 5.41) is 1.55. The molecule has 2 nitrogen and oxygen atoms in total. The maximum absolute atomic E-state index is 16.4. The fourth-order valence-electron chi connectivity index (χ4n) is 6.34. The monoisotopic (exact) mass is 596 g/mol. The maximum atomic E-state index is 16.4. The molecule has 2 aliphatic rings. The van der Waals surface area contributed by atoms with Crippen molar-refractivity contribution in [2.75, 3.05) is 0 Å². The van der Waals surface area contributed by atoms with Gasteiger partial charge in [-0.2, -0.15) is 0 Å². The molecule has 8 rings (SSSR count). The molecule has 0 N–H and O–H groups in total. The van der Waals surface area contributed by atoms with E-state index in [1.54, 1.807) is 24.3 Å². The third-order valence-corrected chi connectivity index (χ3v) is 11.2. The van der Waals surface area contributed by atoms with E-state index in [-0.39, 0.29) is 10.3 Å². The second-order valence-corrected chi connectivity index (χ2v) is 13.7. The molecule has 0 saturated heterocycles. The van der Waals surface area contributed by atoms with Crippen molar-refractivity contribution in [3.63, 3.8) is 0 Å². The molecule has 0 unspecified atom stereocenters. The van der Waals surface area contributed by atoms with Crippen LogP contribution in [0.5, 0.6) is 0 Å². The molecule has 6 aromatic rings. The normalized spacial score (nSPS) is 13.9. The van der Waals surface area contributed by atoms with Crippen LogP contribution in [-0.4, -0.2) is 11.3 Å². The molecule has 178 valence electrons. The molecule has 0 radical (unpaired) electrons. The van der Waals surface area contributed by atoms with Gasteiger partial charge in [0.15, 0.2) is 0 Å². The summed E-state index contributed by atoms with van der Waals surface area (Å²) in [4.78, 5) is 0. The summed E-state index contributed by atoms with van der Waals surface area (Å²) in [6.07, 6.45) is 0.650. The Morgan fingerprint density at radius 1 is 0.730 bits per heavy atom. The molecule has 0 aliphatic carbocycles. The van der Waals surface area contributed by atoms with Crippen LogP contribution in [0.3, 0.4) is 0 Å². The standard InChI is InChI=1S/C31H20BF2IN2/c33-35(34,36-22-11-2-1-3-12-22)26-19-21-18-20-10-4-6-14-24(20)32-25-15-7-9-17-28(25)37-27-16-8-5-13-23(27)29(26)31(37)30(21)32/h1-17,19H,18H2. The summed E-state index contributed by atoms with van der Waals surface area (Å²) >= 11 is -5.76. The predicted octanol–water partition coefficient (Wildman–Crippen LogP) is 7.01. The van der Waals surface area contributed by atoms with Crippen molar-refractivity contribution < 1.29 is 5.72 Å². The molecule has 0 bridgehead atoms. The van der Waals surface area contributed by atoms with Crippen LogP contribution in [0.2, 0.25) is 0 Å². The fourth-order valence-corrected chi connectivity index (χ4v) is 9.56. The number of rotatable bonds is 2. The number of hydrogen-bond donors (Lipinski definition) is 0. The Morgan fingerprint density at radius 3 is 2.30 bits per heavy atom. The van der Waals surface area contributed by atoms with E-state index in [1.807, 2.05) is 42.5 Å². The molecule has 0 fully saturated rings. The average Bonchev–Trinajstić information content (AvgIpc) is 3.27. The zero-order valence-electron chi connectivity index (χ0n) is 19.7. The van der Waals surface area contributed by atoms with E-state index < -0.39 is 19.4 Å². The van der Waals surface area contributed by atoms with Crippen LogP contribution >= 0.6 is 19.4 Å². The minimum absolute atomic E-state index is 0.0239. The van der Waals surface area contributed by atoms with Crippen molar-refractivity contribution in [3.8, 4) is 5.69 Å². The zero-order chi connectivity index (χ0) is 24.7. The number of benzene rings is 5. The Kier molecular flexibility index (Phi) is 4.45. The molecule has 37 heavy (non-hydrogen) atoms. The number of halogens is 3. The molecule has 0 spiro atoms. The fraction of sp³-hybridized carbons (Fsp3) is 0.0323. The van der Waals surface area contributed by atoms with Crippen molar-refractivity contribution in [1.29, 1.82) is 0 Å². The summed E-state index contributed by atoms with van der Waals surface area (Å²) in [5.41, 5.74) is 9.18. The van der Waals surface area contributed by atoms with E-state index in [0.29, 0.717) is 17.5 Å². The van der Waals surface area contributed by atoms with Crippen LogP contribution in [0, 0.1) is 3.57 Å². The van der Waals surface area contributed by atoms with E-state index in [1.165, 1.54) is 22.0 Å². The number of fused-ring (bicyclic) bond motifs is 8. The van der Waals surface area contributed by atoms with Crippen LogP contribution < -0.4 is 16.4 Å². The summed E-state index contributed by atoms with van der Waals surface area (Å²) in [5.74, 6) is 0. The van der Waals surface area contributed by atoms with Crippen LogP contribution in [-0.2, 0) is 6.42 Å². The summed E-state index contributed by atoms with van der Waals surface area (Å²) < 4.78 is 39.3.